The number of hydrogen-bond acceptors (Lipinski definition) is 2. The predicted octanol–water partition coefficient (Wildman–Crippen LogP) is 1.91. The van der Waals surface area contributed by atoms with E-state index in [4.69, 9.17) is 4.74 Å². The highest BCUT2D eigenvalue weighted by molar-refractivity contribution is 5.46. The third-order valence-corrected chi connectivity index (χ3v) is 2.01. The van der Waals surface area contributed by atoms with E-state index in [1.807, 2.05) is 0 Å². The molecule has 0 unspecified atom stereocenters. The van der Waals surface area contributed by atoms with Crippen LogP contribution in [0.4, 0.5) is 18.9 Å². The molecule has 0 amide bonds. The Morgan fingerprint density at radius 2 is 1.71 bits per heavy atom. The molecule has 0 radical (unpaired) electrons. The largest absolute Gasteiger partial charge is 0.377 e. The first-order valence-electron chi connectivity index (χ1n) is 4.15. The number of nitrogens with one attached hydrogen (secondary N) is 1. The molecule has 0 bridgehead atoms. The van der Waals surface area contributed by atoms with E-state index in [9.17, 15) is 13.2 Å². The van der Waals surface area contributed by atoms with Crippen LogP contribution in [0.1, 0.15) is 0 Å². The lowest BCUT2D eigenvalue weighted by Crippen LogP contribution is -2.40. The van der Waals surface area contributed by atoms with Crippen LogP contribution in [0.2, 0.25) is 0 Å². The highest BCUT2D eigenvalue weighted by Gasteiger charge is 2.20. The van der Waals surface area contributed by atoms with Crippen molar-refractivity contribution in [2.45, 2.75) is 6.04 Å². The molecule has 1 aromatic rings. The lowest BCUT2D eigenvalue weighted by Gasteiger charge is -2.27. The predicted molar refractivity (Wildman–Crippen MR) is 44.5 cm³/mol. The fourth-order valence-corrected chi connectivity index (χ4v) is 1.17. The second-order valence-corrected chi connectivity index (χ2v) is 3.12. The van der Waals surface area contributed by atoms with Gasteiger partial charge in [-0.05, 0) is 0 Å². The molecule has 1 N–H and O–H groups in total. The Bertz CT molecular complexity index is 352. The van der Waals surface area contributed by atoms with Gasteiger partial charge in [0.2, 0.25) is 0 Å². The van der Waals surface area contributed by atoms with Gasteiger partial charge in [0.1, 0.15) is 5.82 Å². The zero-order chi connectivity index (χ0) is 10.1. The first-order chi connectivity index (χ1) is 6.66. The molecule has 0 atom stereocenters. The van der Waals surface area contributed by atoms with E-state index in [0.29, 0.717) is 19.3 Å². The first kappa shape index (κ1) is 9.33. The maximum absolute atomic E-state index is 13.0. The Kier molecular flexibility index (Phi) is 2.33. The van der Waals surface area contributed by atoms with Crippen molar-refractivity contribution in [3.63, 3.8) is 0 Å². The van der Waals surface area contributed by atoms with Gasteiger partial charge in [0.05, 0.1) is 24.9 Å². The molecule has 1 fully saturated rings. The minimum Gasteiger partial charge on any atom is -0.377 e. The van der Waals surface area contributed by atoms with E-state index < -0.39 is 17.5 Å². The van der Waals surface area contributed by atoms with E-state index in [-0.39, 0.29) is 11.7 Å². The second kappa shape index (κ2) is 3.49. The molecular weight excluding hydrogens is 195 g/mol. The summed E-state index contributed by atoms with van der Waals surface area (Å²) >= 11 is 0. The molecule has 1 aliphatic rings. The monoisotopic (exact) mass is 203 g/mol. The van der Waals surface area contributed by atoms with Crippen molar-refractivity contribution in [2.75, 3.05) is 18.5 Å². The highest BCUT2D eigenvalue weighted by atomic mass is 19.2. The van der Waals surface area contributed by atoms with Crippen LogP contribution in [0.5, 0.6) is 0 Å². The van der Waals surface area contributed by atoms with Gasteiger partial charge in [-0.1, -0.05) is 0 Å². The number of benzene rings is 1. The van der Waals surface area contributed by atoms with Gasteiger partial charge >= 0.3 is 0 Å². The van der Waals surface area contributed by atoms with Crippen LogP contribution in [0.3, 0.4) is 0 Å². The van der Waals surface area contributed by atoms with Gasteiger partial charge in [0.25, 0.3) is 0 Å². The third kappa shape index (κ3) is 1.68. The zero-order valence-corrected chi connectivity index (χ0v) is 7.19. The average molecular weight is 203 g/mol. The van der Waals surface area contributed by atoms with Crippen molar-refractivity contribution in [1.82, 2.24) is 0 Å². The van der Waals surface area contributed by atoms with Crippen LogP contribution in [0, 0.1) is 17.5 Å². The van der Waals surface area contributed by atoms with E-state index in [0.717, 1.165) is 6.07 Å². The molecule has 0 spiro atoms. The van der Waals surface area contributed by atoms with E-state index in [1.165, 1.54) is 0 Å². The van der Waals surface area contributed by atoms with Crippen molar-refractivity contribution in [3.8, 4) is 0 Å². The standard InChI is InChI=1S/C9H8F3NO/c10-6-1-8(12)9(2-7(6)11)13-5-3-14-4-5/h1-2,5,13H,3-4H2. The fourth-order valence-electron chi connectivity index (χ4n) is 1.17. The molecule has 0 aliphatic carbocycles. The van der Waals surface area contributed by atoms with Crippen LogP contribution in [0.15, 0.2) is 12.1 Å². The molecule has 14 heavy (non-hydrogen) atoms. The van der Waals surface area contributed by atoms with Gasteiger partial charge in [-0.3, -0.25) is 0 Å². The van der Waals surface area contributed by atoms with Crippen LogP contribution in [0.25, 0.3) is 0 Å². The number of rotatable bonds is 2. The molecule has 0 aromatic heterocycles. The minimum absolute atomic E-state index is 0.0191. The summed E-state index contributed by atoms with van der Waals surface area (Å²) in [5, 5.41) is 2.71. The third-order valence-electron chi connectivity index (χ3n) is 2.01. The van der Waals surface area contributed by atoms with Crippen LogP contribution in [-0.2, 0) is 4.74 Å². The summed E-state index contributed by atoms with van der Waals surface area (Å²) in [6.45, 7) is 0.914. The molecular formula is C9H8F3NO. The molecule has 76 valence electrons. The van der Waals surface area contributed by atoms with Crippen LogP contribution in [-0.4, -0.2) is 19.3 Å². The van der Waals surface area contributed by atoms with E-state index in [1.54, 1.807) is 0 Å². The summed E-state index contributed by atoms with van der Waals surface area (Å²) in [5.74, 6) is -3.04. The summed E-state index contributed by atoms with van der Waals surface area (Å²) in [5.41, 5.74) is -0.0304. The molecule has 1 heterocycles. The minimum atomic E-state index is -1.18. The molecule has 1 aromatic carbocycles. The molecule has 5 heteroatoms. The Labute approximate surface area is 78.7 Å². The first-order valence-corrected chi connectivity index (χ1v) is 4.15. The average Bonchev–Trinajstić information content (AvgIpc) is 2.06. The van der Waals surface area contributed by atoms with Crippen molar-refractivity contribution in [3.05, 3.63) is 29.6 Å². The van der Waals surface area contributed by atoms with Crippen molar-refractivity contribution in [1.29, 1.82) is 0 Å². The van der Waals surface area contributed by atoms with Gasteiger partial charge in [-0.25, -0.2) is 13.2 Å². The van der Waals surface area contributed by atoms with Crippen LogP contribution >= 0.6 is 0 Å². The Morgan fingerprint density at radius 1 is 1.07 bits per heavy atom. The molecule has 2 nitrogen and oxygen atoms in total. The van der Waals surface area contributed by atoms with Gasteiger partial charge in [-0.2, -0.15) is 0 Å². The Hall–Kier alpha value is -1.23. The van der Waals surface area contributed by atoms with Crippen molar-refractivity contribution >= 4 is 5.69 Å². The van der Waals surface area contributed by atoms with Gasteiger partial charge in [0.15, 0.2) is 11.6 Å². The van der Waals surface area contributed by atoms with E-state index >= 15 is 0 Å². The topological polar surface area (TPSA) is 21.3 Å². The van der Waals surface area contributed by atoms with Crippen molar-refractivity contribution < 1.29 is 17.9 Å². The molecule has 2 rings (SSSR count). The Balaban J connectivity index is 2.19. The molecule has 1 aliphatic heterocycles. The summed E-state index contributed by atoms with van der Waals surface area (Å²) in [7, 11) is 0. The number of halogens is 3. The number of ether oxygens (including phenoxy) is 1. The van der Waals surface area contributed by atoms with Crippen molar-refractivity contribution in [2.24, 2.45) is 0 Å². The SMILES string of the molecule is Fc1cc(F)c(NC2COC2)cc1F. The van der Waals surface area contributed by atoms with E-state index in [2.05, 4.69) is 5.32 Å². The Morgan fingerprint density at radius 3 is 2.29 bits per heavy atom. The smallest absolute Gasteiger partial charge is 0.161 e. The normalized spacial score (nSPS) is 16.5. The second-order valence-electron chi connectivity index (χ2n) is 3.12. The summed E-state index contributed by atoms with van der Waals surface area (Å²) in [6, 6.07) is 1.31. The van der Waals surface area contributed by atoms with Gasteiger partial charge in [0, 0.05) is 12.1 Å². The van der Waals surface area contributed by atoms with Crippen LogP contribution < -0.4 is 5.32 Å². The lowest BCUT2D eigenvalue weighted by atomic mass is 10.2. The molecule has 1 saturated heterocycles. The summed E-state index contributed by atoms with van der Waals surface area (Å²) in [6.07, 6.45) is 0. The quantitative estimate of drug-likeness (QED) is 0.741. The maximum atomic E-state index is 13.0. The maximum Gasteiger partial charge on any atom is 0.161 e. The van der Waals surface area contributed by atoms with Gasteiger partial charge < -0.3 is 10.1 Å². The fraction of sp³-hybridized carbons (Fsp3) is 0.333. The lowest BCUT2D eigenvalue weighted by molar-refractivity contribution is 0.0209. The zero-order valence-electron chi connectivity index (χ0n) is 7.19. The van der Waals surface area contributed by atoms with Gasteiger partial charge in [-0.15, -0.1) is 0 Å². The highest BCUT2D eigenvalue weighted by Crippen LogP contribution is 2.20. The molecule has 0 saturated carbocycles. The summed E-state index contributed by atoms with van der Waals surface area (Å²) in [4.78, 5) is 0. The number of anilines is 1. The number of hydrogen-bond donors (Lipinski definition) is 1. The summed E-state index contributed by atoms with van der Waals surface area (Å²) < 4.78 is 43.1.